The summed E-state index contributed by atoms with van der Waals surface area (Å²) in [5, 5.41) is 2.90. The summed E-state index contributed by atoms with van der Waals surface area (Å²) in [6, 6.07) is 13.5. The molecule has 2 amide bonds. The van der Waals surface area contributed by atoms with Crippen LogP contribution in [-0.4, -0.2) is 64.7 Å². The second kappa shape index (κ2) is 14.5. The van der Waals surface area contributed by atoms with Crippen molar-refractivity contribution in [2.75, 3.05) is 37.9 Å². The smallest absolute Gasteiger partial charge is 0.242 e. The quantitative estimate of drug-likeness (QED) is 0.375. The maximum absolute atomic E-state index is 13.5. The molecule has 1 N–H and O–H groups in total. The van der Waals surface area contributed by atoms with Gasteiger partial charge in [0.1, 0.15) is 17.5 Å². The molecule has 0 saturated heterocycles. The van der Waals surface area contributed by atoms with E-state index in [-0.39, 0.29) is 31.3 Å². The summed E-state index contributed by atoms with van der Waals surface area (Å²) in [5.41, 5.74) is 1.33. The van der Waals surface area contributed by atoms with Gasteiger partial charge in [-0.15, -0.1) is 0 Å². The van der Waals surface area contributed by atoms with Crippen molar-refractivity contribution in [2.45, 2.75) is 52.1 Å². The zero-order chi connectivity index (χ0) is 27.4. The number of sulfonamides is 1. The fraction of sp³-hybridized carbons (Fsp3) is 0.481. The number of rotatable bonds is 15. The lowest BCUT2D eigenvalue weighted by molar-refractivity contribution is -0.141. The molecule has 0 aromatic heterocycles. The summed E-state index contributed by atoms with van der Waals surface area (Å²) in [6.45, 7) is 4.74. The molecule has 0 fully saturated rings. The van der Waals surface area contributed by atoms with Crippen molar-refractivity contribution in [3.63, 3.8) is 0 Å². The van der Waals surface area contributed by atoms with Crippen LogP contribution in [0.2, 0.25) is 0 Å². The van der Waals surface area contributed by atoms with Crippen LogP contribution < -0.4 is 19.1 Å². The Labute approximate surface area is 220 Å². The van der Waals surface area contributed by atoms with Crippen LogP contribution in [0.1, 0.15) is 45.1 Å². The van der Waals surface area contributed by atoms with E-state index < -0.39 is 16.1 Å². The Hall–Kier alpha value is -3.27. The van der Waals surface area contributed by atoms with E-state index in [4.69, 9.17) is 9.47 Å². The largest absolute Gasteiger partial charge is 0.497 e. The van der Waals surface area contributed by atoms with E-state index in [0.29, 0.717) is 36.6 Å². The maximum Gasteiger partial charge on any atom is 0.242 e. The first-order chi connectivity index (χ1) is 17.6. The van der Waals surface area contributed by atoms with Crippen LogP contribution in [0.5, 0.6) is 11.5 Å². The molecule has 0 aliphatic carbocycles. The van der Waals surface area contributed by atoms with Gasteiger partial charge < -0.3 is 19.7 Å². The molecule has 0 unspecified atom stereocenters. The van der Waals surface area contributed by atoms with Crippen molar-refractivity contribution in [1.82, 2.24) is 10.2 Å². The van der Waals surface area contributed by atoms with Gasteiger partial charge in [-0.05, 0) is 61.2 Å². The average Bonchev–Trinajstić information content (AvgIpc) is 2.89. The molecule has 0 spiro atoms. The molecule has 0 bridgehead atoms. The molecule has 2 aromatic carbocycles. The van der Waals surface area contributed by atoms with Gasteiger partial charge in [-0.3, -0.25) is 13.9 Å². The van der Waals surface area contributed by atoms with Gasteiger partial charge in [-0.25, -0.2) is 8.42 Å². The molecule has 0 radical (unpaired) electrons. The van der Waals surface area contributed by atoms with Gasteiger partial charge in [0.2, 0.25) is 21.8 Å². The number of ether oxygens (including phenoxy) is 2. The molecule has 9 nitrogen and oxygen atoms in total. The van der Waals surface area contributed by atoms with Crippen molar-refractivity contribution >= 4 is 27.5 Å². The molecule has 2 aromatic rings. The molecular weight excluding hydrogens is 494 g/mol. The Morgan fingerprint density at radius 2 is 1.68 bits per heavy atom. The van der Waals surface area contributed by atoms with Crippen molar-refractivity contribution in [3.05, 3.63) is 54.1 Å². The number of amides is 2. The number of nitrogens with zero attached hydrogens (tertiary/aromatic N) is 2. The maximum atomic E-state index is 13.5. The molecule has 0 aliphatic heterocycles. The number of methoxy groups -OCH3 is 2. The summed E-state index contributed by atoms with van der Waals surface area (Å²) >= 11 is 0. The average molecular weight is 534 g/mol. The molecular formula is C27H39N3O6S. The van der Waals surface area contributed by atoms with E-state index in [1.54, 1.807) is 36.3 Å². The first-order valence-electron chi connectivity index (χ1n) is 12.5. The Morgan fingerprint density at radius 3 is 2.24 bits per heavy atom. The first-order valence-corrected chi connectivity index (χ1v) is 14.3. The normalized spacial score (nSPS) is 11.9. The van der Waals surface area contributed by atoms with Gasteiger partial charge in [-0.2, -0.15) is 0 Å². The van der Waals surface area contributed by atoms with E-state index in [1.807, 2.05) is 38.1 Å². The Balaban J connectivity index is 2.21. The monoisotopic (exact) mass is 533 g/mol. The van der Waals surface area contributed by atoms with Gasteiger partial charge >= 0.3 is 0 Å². The molecule has 0 saturated carbocycles. The van der Waals surface area contributed by atoms with E-state index in [0.717, 1.165) is 18.2 Å². The fourth-order valence-corrected chi connectivity index (χ4v) is 4.97. The van der Waals surface area contributed by atoms with E-state index in [2.05, 4.69) is 5.32 Å². The number of hydrogen-bond acceptors (Lipinski definition) is 6. The molecule has 2 rings (SSSR count). The van der Waals surface area contributed by atoms with Crippen LogP contribution in [0.3, 0.4) is 0 Å². The van der Waals surface area contributed by atoms with Crippen LogP contribution in [0.15, 0.2) is 48.5 Å². The zero-order valence-corrected chi connectivity index (χ0v) is 23.2. The molecule has 1 atom stereocenters. The lowest BCUT2D eigenvalue weighted by atomic mass is 10.1. The SMILES string of the molecule is CCCNC(=O)[C@H](CC)N(Cc1cccc(OC)c1)C(=O)CCCN(c1ccc(OC)cc1)S(C)(=O)=O. The van der Waals surface area contributed by atoms with Crippen molar-refractivity contribution < 1.29 is 27.5 Å². The Kier molecular flexibility index (Phi) is 11.7. The topological polar surface area (TPSA) is 105 Å². The summed E-state index contributed by atoms with van der Waals surface area (Å²) in [4.78, 5) is 28.0. The number of hydrogen-bond donors (Lipinski definition) is 1. The highest BCUT2D eigenvalue weighted by Crippen LogP contribution is 2.23. The summed E-state index contributed by atoms with van der Waals surface area (Å²) in [6.07, 6.45) is 2.76. The van der Waals surface area contributed by atoms with Gasteiger partial charge in [0.25, 0.3) is 0 Å². The Morgan fingerprint density at radius 1 is 1.00 bits per heavy atom. The van der Waals surface area contributed by atoms with Crippen LogP contribution in [0, 0.1) is 0 Å². The highest BCUT2D eigenvalue weighted by Gasteiger charge is 2.28. The summed E-state index contributed by atoms with van der Waals surface area (Å²) < 4.78 is 36.7. The van der Waals surface area contributed by atoms with Crippen LogP contribution >= 0.6 is 0 Å². The van der Waals surface area contributed by atoms with Gasteiger partial charge in [0.05, 0.1) is 26.2 Å². The molecule has 0 aliphatic rings. The minimum atomic E-state index is -3.57. The highest BCUT2D eigenvalue weighted by molar-refractivity contribution is 7.92. The van der Waals surface area contributed by atoms with E-state index >= 15 is 0 Å². The van der Waals surface area contributed by atoms with E-state index in [9.17, 15) is 18.0 Å². The van der Waals surface area contributed by atoms with Crippen LogP contribution in [-0.2, 0) is 26.2 Å². The lowest BCUT2D eigenvalue weighted by Crippen LogP contribution is -2.49. The third-order valence-electron chi connectivity index (χ3n) is 5.93. The van der Waals surface area contributed by atoms with Gasteiger partial charge in [0, 0.05) is 26.1 Å². The predicted molar refractivity (Wildman–Crippen MR) is 145 cm³/mol. The highest BCUT2D eigenvalue weighted by atomic mass is 32.2. The lowest BCUT2D eigenvalue weighted by Gasteiger charge is -2.31. The number of anilines is 1. The van der Waals surface area contributed by atoms with Crippen molar-refractivity contribution in [2.24, 2.45) is 0 Å². The van der Waals surface area contributed by atoms with Crippen molar-refractivity contribution in [1.29, 1.82) is 0 Å². The number of benzene rings is 2. The predicted octanol–water partition coefficient (Wildman–Crippen LogP) is 3.58. The van der Waals surface area contributed by atoms with E-state index in [1.165, 1.54) is 11.4 Å². The summed E-state index contributed by atoms with van der Waals surface area (Å²) in [5.74, 6) is 0.866. The molecule has 204 valence electrons. The number of carbonyl (C=O) groups is 2. The first kappa shape index (κ1) is 30.0. The second-order valence-corrected chi connectivity index (χ2v) is 10.6. The molecule has 10 heteroatoms. The zero-order valence-electron chi connectivity index (χ0n) is 22.4. The third kappa shape index (κ3) is 8.96. The second-order valence-electron chi connectivity index (χ2n) is 8.72. The van der Waals surface area contributed by atoms with Crippen molar-refractivity contribution in [3.8, 4) is 11.5 Å². The van der Waals surface area contributed by atoms with Gasteiger partial charge in [0.15, 0.2) is 0 Å². The summed E-state index contributed by atoms with van der Waals surface area (Å²) in [7, 11) is -0.452. The third-order valence-corrected chi connectivity index (χ3v) is 7.13. The standard InChI is InChI=1S/C27H39N3O6S/c1-6-17-28-27(32)25(7-2)29(20-21-10-8-11-24(19-21)36-4)26(31)12-9-18-30(37(5,33)34)22-13-15-23(35-3)16-14-22/h8,10-11,13-16,19,25H,6-7,9,12,17-18,20H2,1-5H3,(H,28,32)/t25-/m0/s1. The minimum Gasteiger partial charge on any atom is -0.497 e. The number of nitrogens with one attached hydrogen (secondary N) is 1. The molecule has 37 heavy (non-hydrogen) atoms. The van der Waals surface area contributed by atoms with Crippen LogP contribution in [0.4, 0.5) is 5.69 Å². The minimum absolute atomic E-state index is 0.0870. The Bertz CT molecular complexity index is 1120. The van der Waals surface area contributed by atoms with Crippen LogP contribution in [0.25, 0.3) is 0 Å². The van der Waals surface area contributed by atoms with Gasteiger partial charge in [-0.1, -0.05) is 26.0 Å². The number of carbonyl (C=O) groups excluding carboxylic acids is 2. The molecule has 0 heterocycles. The fourth-order valence-electron chi connectivity index (χ4n) is 4.01.